The zero-order valence-electron chi connectivity index (χ0n) is 4.63. The Hall–Kier alpha value is -1.06. The van der Waals surface area contributed by atoms with Crippen molar-refractivity contribution >= 4 is 10.2 Å². The van der Waals surface area contributed by atoms with Crippen molar-refractivity contribution in [2.24, 2.45) is 0 Å². The molecule has 0 radical (unpaired) electrons. The SMILES string of the molecule is N#CC=CC([SiH3])C#N. The van der Waals surface area contributed by atoms with Crippen molar-refractivity contribution in [1.29, 1.82) is 10.5 Å². The van der Waals surface area contributed by atoms with E-state index in [1.807, 2.05) is 12.1 Å². The lowest BCUT2D eigenvalue weighted by Crippen LogP contribution is -1.78. The molecule has 0 aromatic rings. The fourth-order valence-corrected chi connectivity index (χ4v) is 0.423. The number of nitriles is 2. The Morgan fingerprint density at radius 2 is 2.12 bits per heavy atom. The fourth-order valence-electron chi connectivity index (χ4n) is 0.230. The van der Waals surface area contributed by atoms with Crippen molar-refractivity contribution in [2.45, 2.75) is 5.54 Å². The Bertz CT molecular complexity index is 160. The molecule has 1 unspecified atom stereocenters. The summed E-state index contributed by atoms with van der Waals surface area (Å²) >= 11 is 0. The van der Waals surface area contributed by atoms with Gasteiger partial charge in [-0.2, -0.15) is 10.5 Å². The maximum atomic E-state index is 8.19. The van der Waals surface area contributed by atoms with Crippen LogP contribution >= 0.6 is 0 Å². The smallest absolute Gasteiger partial charge is 0.0909 e. The Morgan fingerprint density at radius 1 is 1.50 bits per heavy atom. The van der Waals surface area contributed by atoms with Crippen LogP contribution in [0.3, 0.4) is 0 Å². The summed E-state index contributed by atoms with van der Waals surface area (Å²) in [5.74, 6) is 0. The molecular formula is C5H6N2Si. The number of rotatable bonds is 1. The standard InChI is InChI=1S/C5H6N2Si/c6-3-1-2-5(8)4-7/h1-2,5H,8H3. The van der Waals surface area contributed by atoms with Crippen LogP contribution in [0.2, 0.25) is 5.54 Å². The van der Waals surface area contributed by atoms with Crippen molar-refractivity contribution in [3.63, 3.8) is 0 Å². The van der Waals surface area contributed by atoms with Gasteiger partial charge < -0.3 is 0 Å². The van der Waals surface area contributed by atoms with Crippen molar-refractivity contribution in [1.82, 2.24) is 0 Å². The van der Waals surface area contributed by atoms with E-state index in [2.05, 4.69) is 0 Å². The van der Waals surface area contributed by atoms with E-state index in [1.54, 1.807) is 6.08 Å². The van der Waals surface area contributed by atoms with Crippen LogP contribution in [0.5, 0.6) is 0 Å². The van der Waals surface area contributed by atoms with Gasteiger partial charge in [0.2, 0.25) is 0 Å². The van der Waals surface area contributed by atoms with Crippen LogP contribution < -0.4 is 0 Å². The summed E-state index contributed by atoms with van der Waals surface area (Å²) in [4.78, 5) is 0. The minimum absolute atomic E-state index is 0.00495. The van der Waals surface area contributed by atoms with Gasteiger partial charge in [-0.3, -0.25) is 0 Å². The van der Waals surface area contributed by atoms with Crippen molar-refractivity contribution in [2.75, 3.05) is 0 Å². The lowest BCUT2D eigenvalue weighted by molar-refractivity contribution is 1.34. The molecule has 0 saturated carbocycles. The molecule has 0 aliphatic rings. The fraction of sp³-hybridized carbons (Fsp3) is 0.200. The minimum Gasteiger partial charge on any atom is -0.198 e. The molecule has 0 aromatic carbocycles. The molecule has 0 aromatic heterocycles. The van der Waals surface area contributed by atoms with Crippen LogP contribution in [0, 0.1) is 22.7 Å². The highest BCUT2D eigenvalue weighted by Gasteiger charge is 1.87. The quantitative estimate of drug-likeness (QED) is 0.355. The minimum atomic E-state index is -0.00495. The largest absolute Gasteiger partial charge is 0.198 e. The van der Waals surface area contributed by atoms with Gasteiger partial charge in [-0.15, -0.1) is 0 Å². The third-order valence-corrected chi connectivity index (χ3v) is 1.31. The zero-order valence-corrected chi connectivity index (χ0v) is 6.63. The third-order valence-electron chi connectivity index (χ3n) is 0.663. The molecule has 0 bridgehead atoms. The van der Waals surface area contributed by atoms with E-state index < -0.39 is 0 Å². The van der Waals surface area contributed by atoms with Crippen molar-refractivity contribution in [3.8, 4) is 12.1 Å². The lowest BCUT2D eigenvalue weighted by atomic mass is 10.4. The molecular weight excluding hydrogens is 116 g/mol. The molecule has 8 heavy (non-hydrogen) atoms. The monoisotopic (exact) mass is 122 g/mol. The second-order valence-electron chi connectivity index (χ2n) is 1.41. The number of allylic oxidation sites excluding steroid dienone is 2. The van der Waals surface area contributed by atoms with Gasteiger partial charge >= 0.3 is 0 Å². The van der Waals surface area contributed by atoms with Gasteiger partial charge in [-0.25, -0.2) is 0 Å². The molecule has 0 amide bonds. The van der Waals surface area contributed by atoms with Crippen molar-refractivity contribution in [3.05, 3.63) is 12.2 Å². The Balaban J connectivity index is 3.61. The van der Waals surface area contributed by atoms with E-state index in [0.717, 1.165) is 10.2 Å². The molecule has 0 spiro atoms. The van der Waals surface area contributed by atoms with E-state index in [0.29, 0.717) is 0 Å². The second kappa shape index (κ2) is 4.11. The molecule has 0 aliphatic heterocycles. The topological polar surface area (TPSA) is 47.6 Å². The summed E-state index contributed by atoms with van der Waals surface area (Å²) in [5.41, 5.74) is -0.00495. The van der Waals surface area contributed by atoms with Crippen LogP contribution in [0.15, 0.2) is 12.2 Å². The summed E-state index contributed by atoms with van der Waals surface area (Å²) in [7, 11) is 0.805. The van der Waals surface area contributed by atoms with Gasteiger partial charge in [0.15, 0.2) is 0 Å². The number of hydrogen-bond acceptors (Lipinski definition) is 2. The summed E-state index contributed by atoms with van der Waals surface area (Å²) in [5, 5.41) is 16.2. The van der Waals surface area contributed by atoms with E-state index in [-0.39, 0.29) is 5.54 Å². The first-order chi connectivity index (χ1) is 3.81. The van der Waals surface area contributed by atoms with Gasteiger partial charge in [0.25, 0.3) is 0 Å². The van der Waals surface area contributed by atoms with Gasteiger partial charge in [-0.1, -0.05) is 6.08 Å². The first-order valence-corrected chi connectivity index (χ1v) is 3.42. The average Bonchev–Trinajstić information content (AvgIpc) is 1.83. The summed E-state index contributed by atoms with van der Waals surface area (Å²) in [6, 6.07) is 3.85. The van der Waals surface area contributed by atoms with Crippen LogP contribution in [0.4, 0.5) is 0 Å². The normalized spacial score (nSPS) is 12.8. The lowest BCUT2D eigenvalue weighted by Gasteiger charge is -1.82. The van der Waals surface area contributed by atoms with Crippen molar-refractivity contribution < 1.29 is 0 Å². The molecule has 40 valence electrons. The highest BCUT2D eigenvalue weighted by atomic mass is 28.1. The Kier molecular flexibility index (Phi) is 3.56. The van der Waals surface area contributed by atoms with Crippen LogP contribution in [-0.2, 0) is 0 Å². The first-order valence-electron chi connectivity index (χ1n) is 2.27. The molecule has 0 saturated heterocycles. The van der Waals surface area contributed by atoms with Crippen LogP contribution in [0.1, 0.15) is 0 Å². The number of nitrogens with zero attached hydrogens (tertiary/aromatic N) is 2. The van der Waals surface area contributed by atoms with Gasteiger partial charge in [0.05, 0.1) is 12.1 Å². The first kappa shape index (κ1) is 6.94. The maximum absolute atomic E-state index is 8.19. The Labute approximate surface area is 51.5 Å². The van der Waals surface area contributed by atoms with E-state index in [1.165, 1.54) is 6.08 Å². The average molecular weight is 122 g/mol. The molecule has 0 fully saturated rings. The molecule has 1 atom stereocenters. The molecule has 2 nitrogen and oxygen atoms in total. The van der Waals surface area contributed by atoms with Gasteiger partial charge in [0, 0.05) is 21.9 Å². The predicted molar refractivity (Wildman–Crippen MR) is 34.1 cm³/mol. The van der Waals surface area contributed by atoms with Gasteiger partial charge in [-0.05, 0) is 0 Å². The summed E-state index contributed by atoms with van der Waals surface area (Å²) in [6.45, 7) is 0. The predicted octanol–water partition coefficient (Wildman–Crippen LogP) is -0.256. The Morgan fingerprint density at radius 3 is 2.50 bits per heavy atom. The zero-order chi connectivity index (χ0) is 6.41. The second-order valence-corrected chi connectivity index (χ2v) is 2.65. The molecule has 0 rings (SSSR count). The van der Waals surface area contributed by atoms with E-state index >= 15 is 0 Å². The van der Waals surface area contributed by atoms with Crippen LogP contribution in [-0.4, -0.2) is 10.2 Å². The maximum Gasteiger partial charge on any atom is 0.0909 e. The molecule has 0 aliphatic carbocycles. The summed E-state index contributed by atoms with van der Waals surface area (Å²) < 4.78 is 0. The third kappa shape index (κ3) is 3.14. The van der Waals surface area contributed by atoms with E-state index in [4.69, 9.17) is 10.5 Å². The van der Waals surface area contributed by atoms with Gasteiger partial charge in [0.1, 0.15) is 0 Å². The number of hydrogen-bond donors (Lipinski definition) is 0. The molecule has 3 heteroatoms. The highest BCUT2D eigenvalue weighted by molar-refractivity contribution is 6.14. The molecule has 0 heterocycles. The highest BCUT2D eigenvalue weighted by Crippen LogP contribution is 1.94. The molecule has 0 N–H and O–H groups in total. The van der Waals surface area contributed by atoms with E-state index in [9.17, 15) is 0 Å². The summed E-state index contributed by atoms with van der Waals surface area (Å²) in [6.07, 6.45) is 2.97. The van der Waals surface area contributed by atoms with Crippen LogP contribution in [0.25, 0.3) is 0 Å².